The number of pyridine rings is 1. The molecule has 2 N–H and O–H groups in total. The molecule has 1 fully saturated rings. The molecule has 1 aliphatic heterocycles. The zero-order chi connectivity index (χ0) is 13.0. The number of hydrogen-bond acceptors (Lipinski definition) is 3. The van der Waals surface area contributed by atoms with E-state index in [1.54, 1.807) is 19.3 Å². The minimum atomic E-state index is -0.165. The second kappa shape index (κ2) is 5.82. The number of aromatic nitrogens is 1. The van der Waals surface area contributed by atoms with Crippen LogP contribution < -0.4 is 16.2 Å². The Hall–Kier alpha value is -1.62. The van der Waals surface area contributed by atoms with Gasteiger partial charge in [-0.1, -0.05) is 6.42 Å². The molecule has 1 aromatic heterocycles. The predicted molar refractivity (Wildman–Crippen MR) is 69.7 cm³/mol. The van der Waals surface area contributed by atoms with E-state index in [4.69, 9.17) is 0 Å². The maximum atomic E-state index is 12.0. The second-order valence-corrected chi connectivity index (χ2v) is 4.73. The molecule has 2 rings (SSSR count). The van der Waals surface area contributed by atoms with E-state index in [9.17, 15) is 9.59 Å². The molecule has 0 aliphatic carbocycles. The van der Waals surface area contributed by atoms with Crippen LogP contribution in [-0.4, -0.2) is 29.6 Å². The highest BCUT2D eigenvalue weighted by Gasteiger charge is 2.15. The van der Waals surface area contributed by atoms with E-state index in [0.29, 0.717) is 5.56 Å². The molecule has 2 heterocycles. The third-order valence-corrected chi connectivity index (χ3v) is 3.25. The summed E-state index contributed by atoms with van der Waals surface area (Å²) in [5.41, 5.74) is 0.268. The molecule has 98 valence electrons. The fourth-order valence-corrected chi connectivity index (χ4v) is 2.10. The first-order chi connectivity index (χ1) is 8.66. The summed E-state index contributed by atoms with van der Waals surface area (Å²) in [7, 11) is 1.67. The minimum absolute atomic E-state index is 0.157. The first-order valence-corrected chi connectivity index (χ1v) is 6.35. The number of carbonyl (C=O) groups excluding carboxylic acids is 1. The Morgan fingerprint density at radius 2 is 2.33 bits per heavy atom. The summed E-state index contributed by atoms with van der Waals surface area (Å²) in [6.45, 7) is 1.81. The van der Waals surface area contributed by atoms with Crippen LogP contribution in [0.5, 0.6) is 0 Å². The molecule has 1 aromatic rings. The molecule has 1 unspecified atom stereocenters. The van der Waals surface area contributed by atoms with Gasteiger partial charge < -0.3 is 15.2 Å². The number of nitrogens with zero attached hydrogens (tertiary/aromatic N) is 1. The van der Waals surface area contributed by atoms with Crippen LogP contribution in [0.3, 0.4) is 0 Å². The number of aryl methyl sites for hydroxylation is 1. The van der Waals surface area contributed by atoms with Gasteiger partial charge >= 0.3 is 0 Å². The fourth-order valence-electron chi connectivity index (χ4n) is 2.10. The molecule has 0 bridgehead atoms. The van der Waals surface area contributed by atoms with Crippen LogP contribution in [0.2, 0.25) is 0 Å². The highest BCUT2D eigenvalue weighted by molar-refractivity contribution is 5.94. The van der Waals surface area contributed by atoms with Gasteiger partial charge in [0.15, 0.2) is 0 Å². The first-order valence-electron chi connectivity index (χ1n) is 6.35. The van der Waals surface area contributed by atoms with Gasteiger partial charge in [-0.15, -0.1) is 0 Å². The van der Waals surface area contributed by atoms with Crippen LogP contribution in [-0.2, 0) is 7.05 Å². The highest BCUT2D eigenvalue weighted by atomic mass is 16.2. The molecule has 1 aliphatic rings. The lowest BCUT2D eigenvalue weighted by Gasteiger charge is -2.16. The van der Waals surface area contributed by atoms with Crippen molar-refractivity contribution < 1.29 is 4.79 Å². The normalized spacial score (nSPS) is 20.2. The summed E-state index contributed by atoms with van der Waals surface area (Å²) in [5, 5.41) is 6.27. The third-order valence-electron chi connectivity index (χ3n) is 3.25. The SMILES string of the molecule is Cn1ccc(C(=O)NC2CCCCNC2)cc1=O. The Bertz CT molecular complexity index is 473. The number of amides is 1. The summed E-state index contributed by atoms with van der Waals surface area (Å²) >= 11 is 0. The van der Waals surface area contributed by atoms with Gasteiger partial charge in [0.1, 0.15) is 0 Å². The maximum Gasteiger partial charge on any atom is 0.251 e. The van der Waals surface area contributed by atoms with E-state index in [-0.39, 0.29) is 17.5 Å². The van der Waals surface area contributed by atoms with E-state index >= 15 is 0 Å². The number of hydrogen-bond donors (Lipinski definition) is 2. The zero-order valence-electron chi connectivity index (χ0n) is 10.6. The topological polar surface area (TPSA) is 63.1 Å². The first kappa shape index (κ1) is 12.8. The summed E-state index contributed by atoms with van der Waals surface area (Å²) in [6, 6.07) is 3.20. The highest BCUT2D eigenvalue weighted by Crippen LogP contribution is 2.05. The molecular formula is C13H19N3O2. The predicted octanol–water partition coefficient (Wildman–Crippen LogP) is 0.257. The van der Waals surface area contributed by atoms with Gasteiger partial charge in [-0.3, -0.25) is 9.59 Å². The van der Waals surface area contributed by atoms with Crippen molar-refractivity contribution in [1.82, 2.24) is 15.2 Å². The van der Waals surface area contributed by atoms with Crippen molar-refractivity contribution in [3.63, 3.8) is 0 Å². The van der Waals surface area contributed by atoms with E-state index in [1.165, 1.54) is 10.6 Å². The summed E-state index contributed by atoms with van der Waals surface area (Å²) in [5.74, 6) is -0.165. The number of nitrogens with one attached hydrogen (secondary N) is 2. The van der Waals surface area contributed by atoms with Crippen molar-refractivity contribution in [3.05, 3.63) is 34.2 Å². The van der Waals surface area contributed by atoms with Crippen molar-refractivity contribution in [3.8, 4) is 0 Å². The Morgan fingerprint density at radius 3 is 3.11 bits per heavy atom. The van der Waals surface area contributed by atoms with E-state index in [1.807, 2.05) is 0 Å². The molecule has 1 saturated heterocycles. The van der Waals surface area contributed by atoms with Gasteiger partial charge in [-0.05, 0) is 25.5 Å². The molecule has 0 radical (unpaired) electrons. The van der Waals surface area contributed by atoms with Crippen molar-refractivity contribution in [2.24, 2.45) is 7.05 Å². The molecule has 1 atom stereocenters. The van der Waals surface area contributed by atoms with Gasteiger partial charge in [0.05, 0.1) is 0 Å². The zero-order valence-corrected chi connectivity index (χ0v) is 10.6. The molecule has 0 saturated carbocycles. The summed E-state index contributed by atoms with van der Waals surface area (Å²) in [6.07, 6.45) is 4.87. The Balaban J connectivity index is 2.02. The Labute approximate surface area is 106 Å². The van der Waals surface area contributed by atoms with Gasteiger partial charge in [0.2, 0.25) is 0 Å². The number of carbonyl (C=O) groups is 1. The summed E-state index contributed by atoms with van der Waals surface area (Å²) < 4.78 is 1.45. The Kier molecular flexibility index (Phi) is 4.15. The lowest BCUT2D eigenvalue weighted by molar-refractivity contribution is 0.0935. The van der Waals surface area contributed by atoms with Crippen molar-refractivity contribution in [1.29, 1.82) is 0 Å². The Morgan fingerprint density at radius 1 is 1.50 bits per heavy atom. The average molecular weight is 249 g/mol. The van der Waals surface area contributed by atoms with Gasteiger partial charge in [-0.2, -0.15) is 0 Å². The van der Waals surface area contributed by atoms with Gasteiger partial charge in [-0.25, -0.2) is 0 Å². The molecule has 5 heteroatoms. The molecule has 0 spiro atoms. The van der Waals surface area contributed by atoms with E-state index in [0.717, 1.165) is 32.4 Å². The monoisotopic (exact) mass is 249 g/mol. The standard InChI is InChI=1S/C13H19N3O2/c1-16-7-5-10(8-12(16)17)13(18)15-11-4-2-3-6-14-9-11/h5,7-8,11,14H,2-4,6,9H2,1H3,(H,15,18). The molecule has 1 amide bonds. The molecule has 0 aromatic carbocycles. The lowest BCUT2D eigenvalue weighted by atomic mass is 10.1. The lowest BCUT2D eigenvalue weighted by Crippen LogP contribution is -2.41. The number of rotatable bonds is 2. The van der Waals surface area contributed by atoms with Crippen molar-refractivity contribution in [2.45, 2.75) is 25.3 Å². The van der Waals surface area contributed by atoms with Crippen LogP contribution >= 0.6 is 0 Å². The van der Waals surface area contributed by atoms with Crippen LogP contribution in [0.15, 0.2) is 23.1 Å². The average Bonchev–Trinajstić information content (AvgIpc) is 2.61. The van der Waals surface area contributed by atoms with Crippen LogP contribution in [0.25, 0.3) is 0 Å². The van der Waals surface area contributed by atoms with Gasteiger partial charge in [0.25, 0.3) is 11.5 Å². The van der Waals surface area contributed by atoms with Crippen molar-refractivity contribution >= 4 is 5.91 Å². The quantitative estimate of drug-likeness (QED) is 0.790. The van der Waals surface area contributed by atoms with E-state index in [2.05, 4.69) is 10.6 Å². The van der Waals surface area contributed by atoms with Gasteiger partial charge in [0, 0.05) is 37.5 Å². The van der Waals surface area contributed by atoms with Crippen LogP contribution in [0.4, 0.5) is 0 Å². The third kappa shape index (κ3) is 3.20. The molecular weight excluding hydrogens is 230 g/mol. The van der Waals surface area contributed by atoms with Crippen LogP contribution in [0.1, 0.15) is 29.6 Å². The van der Waals surface area contributed by atoms with E-state index < -0.39 is 0 Å². The van der Waals surface area contributed by atoms with Crippen molar-refractivity contribution in [2.75, 3.05) is 13.1 Å². The smallest absolute Gasteiger partial charge is 0.251 e. The molecule has 5 nitrogen and oxygen atoms in total. The minimum Gasteiger partial charge on any atom is -0.348 e. The second-order valence-electron chi connectivity index (χ2n) is 4.73. The van der Waals surface area contributed by atoms with Crippen LogP contribution in [0, 0.1) is 0 Å². The summed E-state index contributed by atoms with van der Waals surface area (Å²) in [4.78, 5) is 23.5. The molecule has 18 heavy (non-hydrogen) atoms. The largest absolute Gasteiger partial charge is 0.348 e. The maximum absolute atomic E-state index is 12.0. The fraction of sp³-hybridized carbons (Fsp3) is 0.538.